The molecule has 0 aromatic heterocycles. The molecule has 0 radical (unpaired) electrons. The van der Waals surface area contributed by atoms with Crippen LogP contribution in [0.5, 0.6) is 0 Å². The summed E-state index contributed by atoms with van der Waals surface area (Å²) in [5.74, 6) is -0.712. The number of carbonyl (C=O) groups excluding carboxylic acids is 3. The summed E-state index contributed by atoms with van der Waals surface area (Å²) in [6.07, 6.45) is 4.08. The molecule has 33 heavy (non-hydrogen) atoms. The number of benzene rings is 1. The van der Waals surface area contributed by atoms with Crippen LogP contribution in [-0.2, 0) is 19.6 Å². The number of carbonyl (C=O) groups is 3. The van der Waals surface area contributed by atoms with Crippen molar-refractivity contribution in [3.8, 4) is 0 Å². The molecule has 0 saturated carbocycles. The minimum absolute atomic E-state index is 0.156. The molecule has 3 rings (SSSR count). The van der Waals surface area contributed by atoms with Crippen molar-refractivity contribution in [1.29, 1.82) is 0 Å². The number of hydrogen-bond donors (Lipinski definition) is 1. The Balaban J connectivity index is 1.58. The summed E-state index contributed by atoms with van der Waals surface area (Å²) < 4.78 is 26.6. The number of urea groups is 1. The minimum atomic E-state index is -3.61. The van der Waals surface area contributed by atoms with Crippen LogP contribution >= 0.6 is 0 Å². The van der Waals surface area contributed by atoms with Crippen molar-refractivity contribution in [2.24, 2.45) is 0 Å². The highest BCUT2D eigenvalue weighted by Gasteiger charge is 2.50. The topological polar surface area (TPSA) is 107 Å². The molecule has 2 fully saturated rings. The number of nitrogens with zero attached hydrogens (tertiary/aromatic N) is 3. The van der Waals surface area contributed by atoms with Crippen LogP contribution in [0, 0.1) is 0 Å². The normalized spacial score (nSPS) is 19.3. The van der Waals surface area contributed by atoms with Gasteiger partial charge in [0.2, 0.25) is 15.9 Å². The second-order valence-corrected chi connectivity index (χ2v) is 10.3. The van der Waals surface area contributed by atoms with Gasteiger partial charge < -0.3 is 10.2 Å². The van der Waals surface area contributed by atoms with E-state index in [2.05, 4.69) is 5.32 Å². The molecular formula is C23H32N4O5S. The lowest BCUT2D eigenvalue weighted by Crippen LogP contribution is -2.53. The van der Waals surface area contributed by atoms with Crippen LogP contribution in [0.15, 0.2) is 35.7 Å². The van der Waals surface area contributed by atoms with Crippen LogP contribution in [0.4, 0.5) is 4.79 Å². The quantitative estimate of drug-likeness (QED) is 0.549. The molecule has 0 bridgehead atoms. The molecule has 2 heterocycles. The molecular weight excluding hydrogens is 444 g/mol. The van der Waals surface area contributed by atoms with E-state index in [1.807, 2.05) is 44.2 Å². The fraction of sp³-hybridized carbons (Fsp3) is 0.522. The van der Waals surface area contributed by atoms with E-state index in [1.54, 1.807) is 6.08 Å². The van der Waals surface area contributed by atoms with E-state index < -0.39 is 21.6 Å². The number of nitrogens with one attached hydrogen (secondary N) is 1. The summed E-state index contributed by atoms with van der Waals surface area (Å²) in [7, 11) is -3.61. The van der Waals surface area contributed by atoms with E-state index in [0.29, 0.717) is 12.8 Å². The smallest absolute Gasteiger partial charge is 0.325 e. The highest BCUT2D eigenvalue weighted by atomic mass is 32.2. The average Bonchev–Trinajstić information content (AvgIpc) is 3.03. The van der Waals surface area contributed by atoms with Gasteiger partial charge in [0.15, 0.2) is 0 Å². The van der Waals surface area contributed by atoms with Crippen LogP contribution in [0.2, 0.25) is 0 Å². The fourth-order valence-corrected chi connectivity index (χ4v) is 5.55. The average molecular weight is 477 g/mol. The zero-order valence-electron chi connectivity index (χ0n) is 19.2. The molecule has 0 spiro atoms. The lowest BCUT2D eigenvalue weighted by atomic mass is 9.88. The zero-order chi connectivity index (χ0) is 24.1. The lowest BCUT2D eigenvalue weighted by Gasteiger charge is -2.34. The van der Waals surface area contributed by atoms with Crippen LogP contribution < -0.4 is 5.32 Å². The molecule has 2 saturated heterocycles. The van der Waals surface area contributed by atoms with Crippen molar-refractivity contribution >= 4 is 33.9 Å². The number of amides is 4. The first-order chi connectivity index (χ1) is 15.7. The summed E-state index contributed by atoms with van der Waals surface area (Å²) in [5, 5.41) is 3.98. The van der Waals surface area contributed by atoms with Crippen molar-refractivity contribution in [1.82, 2.24) is 19.4 Å². The van der Waals surface area contributed by atoms with Gasteiger partial charge in [-0.1, -0.05) is 57.0 Å². The van der Waals surface area contributed by atoms with E-state index in [9.17, 15) is 22.8 Å². The molecule has 2 aliphatic heterocycles. The predicted octanol–water partition coefficient (Wildman–Crippen LogP) is 2.02. The van der Waals surface area contributed by atoms with Gasteiger partial charge >= 0.3 is 6.03 Å². The van der Waals surface area contributed by atoms with Crippen LogP contribution in [0.1, 0.15) is 45.1 Å². The van der Waals surface area contributed by atoms with Crippen LogP contribution in [0.25, 0.3) is 6.08 Å². The van der Waals surface area contributed by atoms with Gasteiger partial charge in [-0.2, -0.15) is 4.31 Å². The van der Waals surface area contributed by atoms with Gasteiger partial charge in [-0.15, -0.1) is 0 Å². The van der Waals surface area contributed by atoms with Crippen molar-refractivity contribution in [2.45, 2.75) is 45.1 Å². The SMILES string of the molecule is CCCC1(CCC)NC(=O)N(CC(=O)N2CCN(S(=O)(=O)/C=C/c3ccccc3)CC2)C1=O. The first-order valence-corrected chi connectivity index (χ1v) is 12.9. The van der Waals surface area contributed by atoms with E-state index in [1.165, 1.54) is 14.6 Å². The Hall–Kier alpha value is -2.72. The van der Waals surface area contributed by atoms with Gasteiger partial charge in [0.05, 0.1) is 0 Å². The maximum atomic E-state index is 13.0. The number of piperazine rings is 1. The van der Waals surface area contributed by atoms with Crippen LogP contribution in [-0.4, -0.2) is 78.6 Å². The molecule has 1 aromatic rings. The van der Waals surface area contributed by atoms with Crippen molar-refractivity contribution < 1.29 is 22.8 Å². The zero-order valence-corrected chi connectivity index (χ0v) is 20.0. The molecule has 9 nitrogen and oxygen atoms in total. The van der Waals surface area contributed by atoms with Gasteiger partial charge in [0.1, 0.15) is 12.1 Å². The van der Waals surface area contributed by atoms with Crippen molar-refractivity contribution in [3.63, 3.8) is 0 Å². The van der Waals surface area contributed by atoms with Crippen molar-refractivity contribution in [3.05, 3.63) is 41.3 Å². The predicted molar refractivity (Wildman–Crippen MR) is 125 cm³/mol. The Morgan fingerprint density at radius 2 is 1.64 bits per heavy atom. The minimum Gasteiger partial charge on any atom is -0.338 e. The monoisotopic (exact) mass is 476 g/mol. The fourth-order valence-electron chi connectivity index (χ4n) is 4.38. The molecule has 2 aliphatic rings. The van der Waals surface area contributed by atoms with Gasteiger partial charge in [-0.3, -0.25) is 14.5 Å². The molecule has 1 N–H and O–H groups in total. The summed E-state index contributed by atoms with van der Waals surface area (Å²) in [4.78, 5) is 40.8. The van der Waals surface area contributed by atoms with Gasteiger partial charge in [0, 0.05) is 31.6 Å². The molecule has 4 amide bonds. The number of imide groups is 1. The van der Waals surface area contributed by atoms with E-state index in [4.69, 9.17) is 0 Å². The molecule has 1 aromatic carbocycles. The van der Waals surface area contributed by atoms with Gasteiger partial charge in [-0.25, -0.2) is 13.2 Å². The van der Waals surface area contributed by atoms with Gasteiger partial charge in [-0.05, 0) is 24.5 Å². The van der Waals surface area contributed by atoms with Crippen LogP contribution in [0.3, 0.4) is 0 Å². The molecule has 10 heteroatoms. The largest absolute Gasteiger partial charge is 0.338 e. The Kier molecular flexibility index (Phi) is 7.91. The number of hydrogen-bond acceptors (Lipinski definition) is 5. The van der Waals surface area contributed by atoms with Gasteiger partial charge in [0.25, 0.3) is 5.91 Å². The third kappa shape index (κ3) is 5.62. The third-order valence-electron chi connectivity index (χ3n) is 6.08. The molecule has 0 atom stereocenters. The maximum absolute atomic E-state index is 13.0. The van der Waals surface area contributed by atoms with E-state index in [0.717, 1.165) is 23.3 Å². The highest BCUT2D eigenvalue weighted by molar-refractivity contribution is 7.92. The maximum Gasteiger partial charge on any atom is 0.325 e. The highest BCUT2D eigenvalue weighted by Crippen LogP contribution is 2.28. The second-order valence-electron chi connectivity index (χ2n) is 8.44. The molecule has 180 valence electrons. The van der Waals surface area contributed by atoms with E-state index >= 15 is 0 Å². The standard InChI is InChI=1S/C23H32N4O5S/c1-3-11-23(12-4-2)21(29)27(22(30)24-23)18-20(28)25-13-15-26(16-14-25)33(31,32)17-10-19-8-6-5-7-9-19/h5-10,17H,3-4,11-16,18H2,1-2H3,(H,24,30)/b17-10+. The summed E-state index contributed by atoms with van der Waals surface area (Å²) >= 11 is 0. The number of rotatable bonds is 9. The third-order valence-corrected chi connectivity index (χ3v) is 7.64. The summed E-state index contributed by atoms with van der Waals surface area (Å²) in [6, 6.07) is 8.60. The Bertz CT molecular complexity index is 995. The Labute approximate surface area is 195 Å². The summed E-state index contributed by atoms with van der Waals surface area (Å²) in [6.45, 7) is 4.29. The van der Waals surface area contributed by atoms with Crippen molar-refractivity contribution in [2.75, 3.05) is 32.7 Å². The first kappa shape index (κ1) is 24.9. The van der Waals surface area contributed by atoms with E-state index in [-0.39, 0.29) is 44.5 Å². The lowest BCUT2D eigenvalue weighted by molar-refractivity contribution is -0.139. The first-order valence-electron chi connectivity index (χ1n) is 11.4. The molecule has 0 aliphatic carbocycles. The second kappa shape index (κ2) is 10.5. The summed E-state index contributed by atoms with van der Waals surface area (Å²) in [5.41, 5.74) is -0.149. The Morgan fingerprint density at radius 3 is 2.21 bits per heavy atom. The Morgan fingerprint density at radius 1 is 1.03 bits per heavy atom. The molecule has 0 unspecified atom stereocenters. The number of sulfonamides is 1.